The predicted octanol–water partition coefficient (Wildman–Crippen LogP) is 5.90. The van der Waals surface area contributed by atoms with Crippen molar-refractivity contribution in [3.63, 3.8) is 0 Å². The molecule has 2 aromatic rings. The van der Waals surface area contributed by atoms with Gasteiger partial charge in [0.25, 0.3) is 0 Å². The van der Waals surface area contributed by atoms with Crippen LogP contribution in [0.3, 0.4) is 0 Å². The molecule has 2 aromatic carbocycles. The maximum absolute atomic E-state index is 15.8. The minimum atomic E-state index is -1.20. The number of nitrogens with one attached hydrogen (secondary N) is 2. The maximum atomic E-state index is 15.8. The second-order valence-corrected chi connectivity index (χ2v) is 12.6. The average molecular weight is 545 g/mol. The maximum Gasteiger partial charge on any atom is 0.237 e. The third-order valence-corrected chi connectivity index (χ3v) is 9.84. The lowest BCUT2D eigenvalue weighted by molar-refractivity contribution is -0.126. The molecule has 3 N–H and O–H groups in total. The molecule has 2 aliphatic heterocycles. The van der Waals surface area contributed by atoms with E-state index >= 15 is 4.39 Å². The van der Waals surface area contributed by atoms with Crippen molar-refractivity contribution in [1.82, 2.24) is 5.32 Å². The van der Waals surface area contributed by atoms with Gasteiger partial charge in [-0.15, -0.1) is 0 Å². The van der Waals surface area contributed by atoms with Crippen LogP contribution in [0, 0.1) is 11.7 Å². The third kappa shape index (κ3) is 3.70. The van der Waals surface area contributed by atoms with E-state index in [1.807, 2.05) is 6.07 Å². The Labute approximate surface area is 226 Å². The Balaban J connectivity index is 1.55. The SMILES string of the molecule is CC1(O)CC(CC(=O)[C@@H]2NC3(CCCCC3)[C@@]3(C(=O)Nc4cc(Cl)ccc43)[C@H]2c2cccc(Cl)c2F)C1. The lowest BCUT2D eigenvalue weighted by atomic mass is 9.55. The van der Waals surface area contributed by atoms with Gasteiger partial charge in [-0.1, -0.05) is 60.7 Å². The Morgan fingerprint density at radius 2 is 1.86 bits per heavy atom. The Bertz CT molecular complexity index is 1280. The smallest absolute Gasteiger partial charge is 0.237 e. The van der Waals surface area contributed by atoms with E-state index in [1.54, 1.807) is 31.2 Å². The molecule has 196 valence electrons. The molecule has 2 spiro atoms. The molecule has 5 nitrogen and oxygen atoms in total. The van der Waals surface area contributed by atoms with Crippen molar-refractivity contribution in [3.05, 3.63) is 63.4 Å². The third-order valence-electron chi connectivity index (χ3n) is 9.32. The summed E-state index contributed by atoms with van der Waals surface area (Å²) in [7, 11) is 0. The van der Waals surface area contributed by atoms with Crippen LogP contribution < -0.4 is 10.6 Å². The molecule has 4 aliphatic rings. The number of fused-ring (bicyclic) bond motifs is 3. The van der Waals surface area contributed by atoms with Crippen molar-refractivity contribution in [1.29, 1.82) is 0 Å². The number of halogens is 3. The molecule has 0 radical (unpaired) electrons. The van der Waals surface area contributed by atoms with Crippen LogP contribution >= 0.6 is 23.2 Å². The summed E-state index contributed by atoms with van der Waals surface area (Å²) in [5.41, 5.74) is -1.03. The Hall–Kier alpha value is -1.99. The number of Topliss-reactive ketones (excluding diaryl/α,β-unsaturated/α-hetero) is 1. The molecular formula is C29H31Cl2FN2O3. The zero-order valence-electron chi connectivity index (χ0n) is 20.8. The molecule has 8 heteroatoms. The standard InChI is InChI=1S/C29H31Cl2FN2O3/c1-27(37)14-16(15-27)12-22(35)25-23(18-6-5-7-20(31)24(18)32)29(28(34-25)10-3-2-4-11-28)19-9-8-17(30)13-21(19)33-26(29)36/h5-9,13,16,23,25,34,37H,2-4,10-12,14-15H2,1H3,(H,33,36)/t16?,23-,25-,27?,29+/m0/s1. The fourth-order valence-electron chi connectivity index (χ4n) is 8.01. The van der Waals surface area contributed by atoms with Crippen molar-refractivity contribution in [2.45, 2.75) is 86.8 Å². The summed E-state index contributed by atoms with van der Waals surface area (Å²) in [5, 5.41) is 17.4. The molecule has 3 fully saturated rings. The molecule has 1 saturated heterocycles. The summed E-state index contributed by atoms with van der Waals surface area (Å²) < 4.78 is 15.8. The monoisotopic (exact) mass is 544 g/mol. The number of amides is 1. The van der Waals surface area contributed by atoms with Gasteiger partial charge in [0.05, 0.1) is 16.7 Å². The predicted molar refractivity (Wildman–Crippen MR) is 142 cm³/mol. The second-order valence-electron chi connectivity index (χ2n) is 11.8. The molecule has 0 aromatic heterocycles. The van der Waals surface area contributed by atoms with E-state index in [4.69, 9.17) is 23.2 Å². The zero-order valence-corrected chi connectivity index (χ0v) is 22.3. The highest BCUT2D eigenvalue weighted by Gasteiger charge is 2.72. The van der Waals surface area contributed by atoms with Crippen molar-refractivity contribution >= 4 is 40.6 Å². The Morgan fingerprint density at radius 1 is 1.14 bits per heavy atom. The van der Waals surface area contributed by atoms with E-state index < -0.39 is 34.3 Å². The number of hydrogen-bond acceptors (Lipinski definition) is 4. The van der Waals surface area contributed by atoms with Gasteiger partial charge in [-0.2, -0.15) is 0 Å². The van der Waals surface area contributed by atoms with E-state index in [1.165, 1.54) is 6.07 Å². The molecule has 6 rings (SSSR count). The van der Waals surface area contributed by atoms with E-state index in [2.05, 4.69) is 10.6 Å². The fraction of sp³-hybridized carbons (Fsp3) is 0.517. The average Bonchev–Trinajstić information content (AvgIpc) is 3.28. The van der Waals surface area contributed by atoms with Gasteiger partial charge in [-0.05, 0) is 67.9 Å². The molecule has 1 amide bonds. The van der Waals surface area contributed by atoms with Crippen molar-refractivity contribution in [2.24, 2.45) is 5.92 Å². The number of hydrogen-bond donors (Lipinski definition) is 3. The molecule has 0 unspecified atom stereocenters. The largest absolute Gasteiger partial charge is 0.390 e. The number of benzene rings is 2. The number of carbonyl (C=O) groups is 2. The molecule has 3 atom stereocenters. The molecular weight excluding hydrogens is 514 g/mol. The van der Waals surface area contributed by atoms with E-state index in [9.17, 15) is 14.7 Å². The first-order valence-electron chi connectivity index (χ1n) is 13.2. The van der Waals surface area contributed by atoms with E-state index in [-0.39, 0.29) is 34.6 Å². The minimum absolute atomic E-state index is 0.0341. The highest BCUT2D eigenvalue weighted by Crippen LogP contribution is 2.63. The van der Waals surface area contributed by atoms with Gasteiger partial charge in [0.1, 0.15) is 11.2 Å². The van der Waals surface area contributed by atoms with Crippen molar-refractivity contribution in [2.75, 3.05) is 5.32 Å². The van der Waals surface area contributed by atoms with E-state index in [0.29, 0.717) is 36.4 Å². The van der Waals surface area contributed by atoms with Gasteiger partial charge in [0.15, 0.2) is 5.78 Å². The molecule has 2 heterocycles. The van der Waals surface area contributed by atoms with Gasteiger partial charge < -0.3 is 10.4 Å². The van der Waals surface area contributed by atoms with Crippen LogP contribution in [0.15, 0.2) is 36.4 Å². The zero-order chi connectivity index (χ0) is 26.2. The van der Waals surface area contributed by atoms with Crippen molar-refractivity contribution < 1.29 is 19.1 Å². The van der Waals surface area contributed by atoms with Crippen LogP contribution in [0.5, 0.6) is 0 Å². The summed E-state index contributed by atoms with van der Waals surface area (Å²) in [4.78, 5) is 28.3. The topological polar surface area (TPSA) is 78.4 Å². The Kier molecular flexibility index (Phi) is 6.00. The second kappa shape index (κ2) is 8.77. The van der Waals surface area contributed by atoms with Crippen LogP contribution in [-0.4, -0.2) is 34.0 Å². The molecule has 2 saturated carbocycles. The first-order chi connectivity index (χ1) is 17.6. The van der Waals surface area contributed by atoms with Gasteiger partial charge in [0, 0.05) is 28.6 Å². The minimum Gasteiger partial charge on any atom is -0.390 e. The summed E-state index contributed by atoms with van der Waals surface area (Å²) in [6, 6.07) is 9.41. The number of anilines is 1. The summed E-state index contributed by atoms with van der Waals surface area (Å²) in [5.74, 6) is -1.61. The highest BCUT2D eigenvalue weighted by atomic mass is 35.5. The lowest BCUT2D eigenvalue weighted by Crippen LogP contribution is -2.60. The summed E-state index contributed by atoms with van der Waals surface area (Å²) in [6.07, 6.45) is 5.63. The number of carbonyl (C=O) groups excluding carboxylic acids is 2. The van der Waals surface area contributed by atoms with Gasteiger partial charge in [-0.25, -0.2) is 4.39 Å². The number of rotatable bonds is 4. The first-order valence-corrected chi connectivity index (χ1v) is 13.9. The highest BCUT2D eigenvalue weighted by molar-refractivity contribution is 6.31. The van der Waals surface area contributed by atoms with Crippen molar-refractivity contribution in [3.8, 4) is 0 Å². The normalized spacial score (nSPS) is 33.9. The molecule has 0 bridgehead atoms. The summed E-state index contributed by atoms with van der Waals surface area (Å²) >= 11 is 12.6. The van der Waals surface area contributed by atoms with Crippen LogP contribution in [0.4, 0.5) is 10.1 Å². The number of ketones is 1. The quantitative estimate of drug-likeness (QED) is 0.447. The molecule has 2 aliphatic carbocycles. The van der Waals surface area contributed by atoms with Crippen LogP contribution in [0.25, 0.3) is 0 Å². The van der Waals surface area contributed by atoms with Gasteiger partial charge >= 0.3 is 0 Å². The van der Waals surface area contributed by atoms with Crippen LogP contribution in [0.2, 0.25) is 10.0 Å². The van der Waals surface area contributed by atoms with Gasteiger partial charge in [0.2, 0.25) is 5.91 Å². The van der Waals surface area contributed by atoms with Gasteiger partial charge in [-0.3, -0.25) is 14.9 Å². The Morgan fingerprint density at radius 3 is 2.57 bits per heavy atom. The lowest BCUT2D eigenvalue weighted by Gasteiger charge is -2.47. The number of aliphatic hydroxyl groups is 1. The first kappa shape index (κ1) is 25.3. The van der Waals surface area contributed by atoms with E-state index in [0.717, 1.165) is 24.8 Å². The molecule has 37 heavy (non-hydrogen) atoms. The van der Waals surface area contributed by atoms with Crippen LogP contribution in [-0.2, 0) is 15.0 Å². The summed E-state index contributed by atoms with van der Waals surface area (Å²) in [6.45, 7) is 1.78. The van der Waals surface area contributed by atoms with Crippen LogP contribution in [0.1, 0.15) is 75.3 Å². The fourth-order valence-corrected chi connectivity index (χ4v) is 8.36.